The number of nitrogens with zero attached hydrogens (tertiary/aromatic N) is 3. The number of guanidine groups is 1. The van der Waals surface area contributed by atoms with Crippen LogP contribution in [0.4, 0.5) is 4.39 Å². The maximum Gasteiger partial charge on any atom is 0.191 e. The van der Waals surface area contributed by atoms with Crippen molar-refractivity contribution in [3.8, 4) is 0 Å². The maximum absolute atomic E-state index is 14.0. The van der Waals surface area contributed by atoms with E-state index in [0.717, 1.165) is 50.5 Å². The van der Waals surface area contributed by atoms with Crippen LogP contribution in [0.3, 0.4) is 0 Å². The zero-order chi connectivity index (χ0) is 22.1. The van der Waals surface area contributed by atoms with Crippen LogP contribution in [0.15, 0.2) is 53.5 Å². The van der Waals surface area contributed by atoms with Gasteiger partial charge in [-0.2, -0.15) is 0 Å². The molecule has 6 heteroatoms. The fraction of sp³-hybridized carbons (Fsp3) is 0.480. The van der Waals surface area contributed by atoms with E-state index in [4.69, 9.17) is 4.99 Å². The third-order valence-corrected chi connectivity index (χ3v) is 5.54. The Labute approximate surface area is 186 Å². The van der Waals surface area contributed by atoms with Crippen molar-refractivity contribution in [2.45, 2.75) is 45.4 Å². The average Bonchev–Trinajstić information content (AvgIpc) is 2.76. The maximum atomic E-state index is 14.0. The van der Waals surface area contributed by atoms with Gasteiger partial charge in [-0.25, -0.2) is 9.38 Å². The Morgan fingerprint density at radius 1 is 1.10 bits per heavy atom. The van der Waals surface area contributed by atoms with Crippen LogP contribution in [0.25, 0.3) is 0 Å². The zero-order valence-electron chi connectivity index (χ0n) is 19.1. The molecule has 168 valence electrons. The lowest BCUT2D eigenvalue weighted by molar-refractivity contribution is 0.198. The lowest BCUT2D eigenvalue weighted by Gasteiger charge is -2.33. The minimum absolute atomic E-state index is 0.159. The molecule has 3 rings (SSSR count). The fourth-order valence-corrected chi connectivity index (χ4v) is 3.95. The summed E-state index contributed by atoms with van der Waals surface area (Å²) in [6, 6.07) is 16.4. The first-order chi connectivity index (χ1) is 15.0. The van der Waals surface area contributed by atoms with Crippen molar-refractivity contribution in [2.75, 3.05) is 33.7 Å². The molecule has 0 spiro atoms. The van der Waals surface area contributed by atoms with Crippen LogP contribution in [-0.2, 0) is 19.6 Å². The minimum atomic E-state index is -0.159. The van der Waals surface area contributed by atoms with Gasteiger partial charge in [0.1, 0.15) is 5.82 Å². The number of hydrogen-bond donors (Lipinski definition) is 2. The normalized spacial score (nSPS) is 16.0. The van der Waals surface area contributed by atoms with Gasteiger partial charge < -0.3 is 15.5 Å². The largest absolute Gasteiger partial charge is 0.357 e. The van der Waals surface area contributed by atoms with Gasteiger partial charge in [0.25, 0.3) is 0 Å². The van der Waals surface area contributed by atoms with E-state index in [9.17, 15) is 4.39 Å². The van der Waals surface area contributed by atoms with E-state index in [1.165, 1.54) is 5.56 Å². The molecule has 0 radical (unpaired) electrons. The topological polar surface area (TPSA) is 42.9 Å². The Morgan fingerprint density at radius 2 is 1.84 bits per heavy atom. The summed E-state index contributed by atoms with van der Waals surface area (Å²) in [5.74, 6) is 0.677. The van der Waals surface area contributed by atoms with Crippen molar-refractivity contribution in [1.29, 1.82) is 0 Å². The second-order valence-electron chi connectivity index (χ2n) is 8.54. The number of nitrogens with one attached hydrogen (secondary N) is 2. The summed E-state index contributed by atoms with van der Waals surface area (Å²) < 4.78 is 14.0. The van der Waals surface area contributed by atoms with Gasteiger partial charge in [-0.1, -0.05) is 36.4 Å². The molecule has 0 saturated carbocycles. The monoisotopic (exact) mass is 425 g/mol. The van der Waals surface area contributed by atoms with E-state index < -0.39 is 0 Å². The van der Waals surface area contributed by atoms with Crippen molar-refractivity contribution < 1.29 is 4.39 Å². The van der Waals surface area contributed by atoms with E-state index in [2.05, 4.69) is 52.8 Å². The molecule has 1 saturated heterocycles. The Hall–Kier alpha value is -2.44. The molecule has 0 atom stereocenters. The molecule has 31 heavy (non-hydrogen) atoms. The highest BCUT2D eigenvalue weighted by Gasteiger charge is 2.20. The number of hydrogen-bond acceptors (Lipinski definition) is 3. The van der Waals surface area contributed by atoms with E-state index in [1.54, 1.807) is 6.07 Å². The van der Waals surface area contributed by atoms with Crippen molar-refractivity contribution in [3.05, 3.63) is 71.0 Å². The van der Waals surface area contributed by atoms with Crippen LogP contribution < -0.4 is 10.6 Å². The summed E-state index contributed by atoms with van der Waals surface area (Å²) in [7, 11) is 3.89. The van der Waals surface area contributed by atoms with Gasteiger partial charge in [0.05, 0.1) is 6.54 Å². The highest BCUT2D eigenvalue weighted by atomic mass is 19.1. The molecular formula is C25H36FN5. The molecule has 2 aromatic rings. The van der Waals surface area contributed by atoms with Gasteiger partial charge in [0.15, 0.2) is 5.96 Å². The summed E-state index contributed by atoms with van der Waals surface area (Å²) in [6.45, 7) is 7.18. The van der Waals surface area contributed by atoms with Gasteiger partial charge in [-0.05, 0) is 57.1 Å². The van der Waals surface area contributed by atoms with Crippen LogP contribution in [-0.4, -0.2) is 55.5 Å². The highest BCUT2D eigenvalue weighted by Crippen LogP contribution is 2.15. The van der Waals surface area contributed by atoms with Crippen LogP contribution in [0.2, 0.25) is 0 Å². The van der Waals surface area contributed by atoms with Crippen molar-refractivity contribution in [1.82, 2.24) is 20.4 Å². The van der Waals surface area contributed by atoms with Gasteiger partial charge in [0, 0.05) is 44.3 Å². The molecule has 1 aliphatic heterocycles. The number of aliphatic imine (C=N–C) groups is 1. The number of likely N-dealkylation sites (tertiary alicyclic amines) is 1. The quantitative estimate of drug-likeness (QED) is 0.501. The first kappa shape index (κ1) is 23.2. The predicted molar refractivity (Wildman–Crippen MR) is 126 cm³/mol. The summed E-state index contributed by atoms with van der Waals surface area (Å²) >= 11 is 0. The molecule has 0 bridgehead atoms. The number of piperidine rings is 1. The standard InChI is InChI=1S/C25H36FN5/c1-4-27-25(28-17-21-10-11-24(26)22(16-21)19-30(2)3)29-23-12-14-31(15-13-23)18-20-8-6-5-7-9-20/h5-11,16,23H,4,12-15,17-19H2,1-3H3,(H2,27,28,29). The molecule has 2 N–H and O–H groups in total. The third-order valence-electron chi connectivity index (χ3n) is 5.54. The zero-order valence-corrected chi connectivity index (χ0v) is 19.1. The van der Waals surface area contributed by atoms with E-state index in [-0.39, 0.29) is 5.82 Å². The van der Waals surface area contributed by atoms with Gasteiger partial charge in [-0.3, -0.25) is 4.90 Å². The summed E-state index contributed by atoms with van der Waals surface area (Å²) in [6.07, 6.45) is 2.20. The van der Waals surface area contributed by atoms with Gasteiger partial charge in [0.2, 0.25) is 0 Å². The SMILES string of the molecule is CCNC(=NCc1ccc(F)c(CN(C)C)c1)NC1CCN(Cc2ccccc2)CC1. The second kappa shape index (κ2) is 11.8. The Kier molecular flexibility index (Phi) is 8.85. The minimum Gasteiger partial charge on any atom is -0.357 e. The summed E-state index contributed by atoms with van der Waals surface area (Å²) in [5, 5.41) is 6.95. The van der Waals surface area contributed by atoms with Crippen molar-refractivity contribution >= 4 is 5.96 Å². The molecule has 0 amide bonds. The van der Waals surface area contributed by atoms with E-state index in [1.807, 2.05) is 31.1 Å². The fourth-order valence-electron chi connectivity index (χ4n) is 3.95. The third kappa shape index (κ3) is 7.64. The Morgan fingerprint density at radius 3 is 2.52 bits per heavy atom. The highest BCUT2D eigenvalue weighted by molar-refractivity contribution is 5.80. The molecule has 1 heterocycles. The second-order valence-corrected chi connectivity index (χ2v) is 8.54. The van der Waals surface area contributed by atoms with E-state index >= 15 is 0 Å². The molecule has 2 aromatic carbocycles. The van der Waals surface area contributed by atoms with Gasteiger partial charge in [-0.15, -0.1) is 0 Å². The molecular weight excluding hydrogens is 389 g/mol. The van der Waals surface area contributed by atoms with Crippen molar-refractivity contribution in [3.63, 3.8) is 0 Å². The first-order valence-electron chi connectivity index (χ1n) is 11.3. The van der Waals surface area contributed by atoms with Crippen LogP contribution >= 0.6 is 0 Å². The summed E-state index contributed by atoms with van der Waals surface area (Å²) in [4.78, 5) is 9.25. The van der Waals surface area contributed by atoms with Crippen LogP contribution in [0.5, 0.6) is 0 Å². The smallest absolute Gasteiger partial charge is 0.191 e. The van der Waals surface area contributed by atoms with E-state index in [0.29, 0.717) is 24.7 Å². The molecule has 0 aliphatic carbocycles. The van der Waals surface area contributed by atoms with Crippen LogP contribution in [0.1, 0.15) is 36.5 Å². The lowest BCUT2D eigenvalue weighted by atomic mass is 10.0. The van der Waals surface area contributed by atoms with Crippen LogP contribution in [0, 0.1) is 5.82 Å². The molecule has 0 unspecified atom stereocenters. The average molecular weight is 426 g/mol. The number of rotatable bonds is 8. The van der Waals surface area contributed by atoms with Crippen molar-refractivity contribution in [2.24, 2.45) is 4.99 Å². The lowest BCUT2D eigenvalue weighted by Crippen LogP contribution is -2.48. The Balaban J connectivity index is 1.53. The van der Waals surface area contributed by atoms with Gasteiger partial charge >= 0.3 is 0 Å². The molecule has 0 aromatic heterocycles. The Bertz CT molecular complexity index is 829. The molecule has 5 nitrogen and oxygen atoms in total. The summed E-state index contributed by atoms with van der Waals surface area (Å²) in [5.41, 5.74) is 3.10. The number of halogens is 1. The molecule has 1 fully saturated rings. The number of benzene rings is 2. The molecule has 1 aliphatic rings. The first-order valence-corrected chi connectivity index (χ1v) is 11.3. The predicted octanol–water partition coefficient (Wildman–Crippen LogP) is 3.61.